The fourth-order valence-electron chi connectivity index (χ4n) is 2.00. The highest BCUT2D eigenvalue weighted by Gasteiger charge is 2.14. The van der Waals surface area contributed by atoms with Crippen molar-refractivity contribution in [1.82, 2.24) is 20.3 Å². The third-order valence-electron chi connectivity index (χ3n) is 3.18. The van der Waals surface area contributed by atoms with Gasteiger partial charge in [-0.3, -0.25) is 4.79 Å². The number of hydrogen-bond acceptors (Lipinski definition) is 5. The van der Waals surface area contributed by atoms with E-state index in [1.165, 1.54) is 23.7 Å². The van der Waals surface area contributed by atoms with Crippen LogP contribution in [0.15, 0.2) is 42.7 Å². The predicted octanol–water partition coefficient (Wildman–Crippen LogP) is 3.49. The lowest BCUT2D eigenvalue weighted by Gasteiger charge is -2.02. The average Bonchev–Trinajstić information content (AvgIpc) is 2.94. The normalized spacial score (nSPS) is 10.5. The zero-order valence-corrected chi connectivity index (χ0v) is 13.9. The van der Waals surface area contributed by atoms with Crippen molar-refractivity contribution in [3.63, 3.8) is 0 Å². The lowest BCUT2D eigenvalue weighted by Crippen LogP contribution is -2.24. The summed E-state index contributed by atoms with van der Waals surface area (Å²) in [6.45, 7) is 2.29. The Morgan fingerprint density at radius 1 is 1.22 bits per heavy atom. The number of aryl methyl sites for hydroxylation is 1. The highest BCUT2D eigenvalue weighted by atomic mass is 35.5. The van der Waals surface area contributed by atoms with Crippen LogP contribution in [0.5, 0.6) is 0 Å². The Balaban J connectivity index is 1.75. The zero-order chi connectivity index (χ0) is 16.2. The third-order valence-corrected chi connectivity index (χ3v) is 4.70. The van der Waals surface area contributed by atoms with E-state index in [1.807, 2.05) is 31.2 Å². The molecule has 0 unspecified atom stereocenters. The third kappa shape index (κ3) is 3.55. The molecule has 0 saturated carbocycles. The topological polar surface area (TPSA) is 67.8 Å². The maximum absolute atomic E-state index is 12.0. The first kappa shape index (κ1) is 15.6. The van der Waals surface area contributed by atoms with Gasteiger partial charge < -0.3 is 5.32 Å². The van der Waals surface area contributed by atoms with Crippen LogP contribution < -0.4 is 5.32 Å². The number of rotatable bonds is 4. The number of halogens is 1. The standard InChI is InChI=1S/C16H13ClN4OS/c1-10-13(9-20-15(22)14-18-7-4-8-19-14)23-16(21-10)11-5-2-3-6-12(11)17/h2-8H,9H2,1H3,(H,20,22). The smallest absolute Gasteiger partial charge is 0.289 e. The molecule has 0 aliphatic carbocycles. The van der Waals surface area contributed by atoms with Gasteiger partial charge in [0.05, 0.1) is 17.3 Å². The highest BCUT2D eigenvalue weighted by molar-refractivity contribution is 7.15. The van der Waals surface area contributed by atoms with Crippen molar-refractivity contribution < 1.29 is 4.79 Å². The average molecular weight is 345 g/mol. The Hall–Kier alpha value is -2.31. The summed E-state index contributed by atoms with van der Waals surface area (Å²) in [6, 6.07) is 9.24. The molecule has 0 aliphatic heterocycles. The van der Waals surface area contributed by atoms with Gasteiger partial charge in [0.1, 0.15) is 5.01 Å². The molecule has 116 valence electrons. The summed E-state index contributed by atoms with van der Waals surface area (Å²) in [6.07, 6.45) is 3.07. The number of hydrogen-bond donors (Lipinski definition) is 1. The molecule has 0 spiro atoms. The Bertz CT molecular complexity index is 835. The van der Waals surface area contributed by atoms with Crippen LogP contribution in [-0.2, 0) is 6.54 Å². The molecular weight excluding hydrogens is 332 g/mol. The van der Waals surface area contributed by atoms with Crippen molar-refractivity contribution in [3.8, 4) is 10.6 Å². The minimum atomic E-state index is -0.308. The number of thiazole rings is 1. The van der Waals surface area contributed by atoms with Crippen LogP contribution >= 0.6 is 22.9 Å². The number of aromatic nitrogens is 3. The van der Waals surface area contributed by atoms with Gasteiger partial charge in [0, 0.05) is 22.8 Å². The summed E-state index contributed by atoms with van der Waals surface area (Å²) >= 11 is 7.72. The molecule has 2 aromatic heterocycles. The Morgan fingerprint density at radius 2 is 1.96 bits per heavy atom. The molecule has 3 rings (SSSR count). The zero-order valence-electron chi connectivity index (χ0n) is 12.3. The molecule has 5 nitrogen and oxygen atoms in total. The minimum absolute atomic E-state index is 0.154. The molecular formula is C16H13ClN4OS. The molecule has 0 atom stereocenters. The van der Waals surface area contributed by atoms with Crippen molar-refractivity contribution in [2.45, 2.75) is 13.5 Å². The summed E-state index contributed by atoms with van der Waals surface area (Å²) in [5, 5.41) is 4.31. The van der Waals surface area contributed by atoms with Crippen LogP contribution in [0.2, 0.25) is 5.02 Å². The summed E-state index contributed by atoms with van der Waals surface area (Å²) in [5.74, 6) is -0.154. The van der Waals surface area contributed by atoms with E-state index in [0.29, 0.717) is 11.6 Å². The Labute approximate surface area is 142 Å². The van der Waals surface area contributed by atoms with E-state index in [4.69, 9.17) is 11.6 Å². The molecule has 7 heteroatoms. The van der Waals surface area contributed by atoms with Crippen molar-refractivity contribution in [1.29, 1.82) is 0 Å². The maximum Gasteiger partial charge on any atom is 0.289 e. The molecule has 2 heterocycles. The molecule has 0 saturated heterocycles. The van der Waals surface area contributed by atoms with Crippen LogP contribution in [0, 0.1) is 6.92 Å². The Morgan fingerprint density at radius 3 is 2.70 bits per heavy atom. The number of carbonyl (C=O) groups is 1. The number of benzene rings is 1. The van der Waals surface area contributed by atoms with Gasteiger partial charge in [0.15, 0.2) is 0 Å². The van der Waals surface area contributed by atoms with Crippen LogP contribution in [0.1, 0.15) is 21.2 Å². The van der Waals surface area contributed by atoms with Gasteiger partial charge >= 0.3 is 0 Å². The summed E-state index contributed by atoms with van der Waals surface area (Å²) < 4.78 is 0. The van der Waals surface area contributed by atoms with Gasteiger partial charge in [-0.05, 0) is 19.1 Å². The summed E-state index contributed by atoms with van der Waals surface area (Å²) in [5.41, 5.74) is 1.77. The molecule has 0 aliphatic rings. The second-order valence-electron chi connectivity index (χ2n) is 4.76. The molecule has 23 heavy (non-hydrogen) atoms. The summed E-state index contributed by atoms with van der Waals surface area (Å²) in [4.78, 5) is 25.4. The molecule has 0 radical (unpaired) electrons. The van der Waals surface area contributed by atoms with E-state index in [-0.39, 0.29) is 11.7 Å². The van der Waals surface area contributed by atoms with Crippen molar-refractivity contribution >= 4 is 28.8 Å². The SMILES string of the molecule is Cc1nc(-c2ccccc2Cl)sc1CNC(=O)c1ncccn1. The fraction of sp³-hybridized carbons (Fsp3) is 0.125. The van der Waals surface area contributed by atoms with Crippen molar-refractivity contribution in [3.05, 3.63) is 64.1 Å². The molecule has 0 bridgehead atoms. The number of nitrogens with zero attached hydrogens (tertiary/aromatic N) is 3. The van der Waals surface area contributed by atoms with Gasteiger partial charge in [-0.1, -0.05) is 29.8 Å². The van der Waals surface area contributed by atoms with Gasteiger partial charge in [-0.15, -0.1) is 11.3 Å². The van der Waals surface area contributed by atoms with E-state index < -0.39 is 0 Å². The largest absolute Gasteiger partial charge is 0.344 e. The second-order valence-corrected chi connectivity index (χ2v) is 6.25. The molecule has 1 aromatic carbocycles. The summed E-state index contributed by atoms with van der Waals surface area (Å²) in [7, 11) is 0. The quantitative estimate of drug-likeness (QED) is 0.786. The number of nitrogens with one attached hydrogen (secondary N) is 1. The number of carbonyl (C=O) groups excluding carboxylic acids is 1. The van der Waals surface area contributed by atoms with E-state index >= 15 is 0 Å². The highest BCUT2D eigenvalue weighted by Crippen LogP contribution is 2.32. The predicted molar refractivity (Wildman–Crippen MR) is 90.5 cm³/mol. The van der Waals surface area contributed by atoms with E-state index in [2.05, 4.69) is 20.3 Å². The minimum Gasteiger partial charge on any atom is -0.344 e. The second kappa shape index (κ2) is 6.85. The van der Waals surface area contributed by atoms with Crippen LogP contribution in [-0.4, -0.2) is 20.9 Å². The Kier molecular flexibility index (Phi) is 4.64. The first-order valence-corrected chi connectivity index (χ1v) is 8.11. The number of amides is 1. The van der Waals surface area contributed by atoms with E-state index in [1.54, 1.807) is 6.07 Å². The van der Waals surface area contributed by atoms with Crippen molar-refractivity contribution in [2.24, 2.45) is 0 Å². The van der Waals surface area contributed by atoms with Gasteiger partial charge in [-0.2, -0.15) is 0 Å². The monoisotopic (exact) mass is 344 g/mol. The van der Waals surface area contributed by atoms with Gasteiger partial charge in [0.2, 0.25) is 5.82 Å². The van der Waals surface area contributed by atoms with Crippen LogP contribution in [0.4, 0.5) is 0 Å². The van der Waals surface area contributed by atoms with Crippen LogP contribution in [0.3, 0.4) is 0 Å². The van der Waals surface area contributed by atoms with Crippen molar-refractivity contribution in [2.75, 3.05) is 0 Å². The fourth-order valence-corrected chi connectivity index (χ4v) is 3.32. The maximum atomic E-state index is 12.0. The van der Waals surface area contributed by atoms with Gasteiger partial charge in [-0.25, -0.2) is 15.0 Å². The molecule has 1 amide bonds. The van der Waals surface area contributed by atoms with Gasteiger partial charge in [0.25, 0.3) is 5.91 Å². The van der Waals surface area contributed by atoms with Crippen LogP contribution in [0.25, 0.3) is 10.6 Å². The molecule has 0 fully saturated rings. The first-order chi connectivity index (χ1) is 11.1. The first-order valence-electron chi connectivity index (χ1n) is 6.91. The lowest BCUT2D eigenvalue weighted by molar-refractivity contribution is 0.0941. The van der Waals surface area contributed by atoms with E-state index in [9.17, 15) is 4.79 Å². The molecule has 3 aromatic rings. The lowest BCUT2D eigenvalue weighted by atomic mass is 10.2. The van der Waals surface area contributed by atoms with E-state index in [0.717, 1.165) is 21.1 Å². The molecule has 1 N–H and O–H groups in total.